The van der Waals surface area contributed by atoms with Crippen LogP contribution in [0.3, 0.4) is 0 Å². The maximum Gasteiger partial charge on any atom is 0.255 e. The summed E-state index contributed by atoms with van der Waals surface area (Å²) < 4.78 is 1.03. The Morgan fingerprint density at radius 2 is 2.24 bits per heavy atom. The van der Waals surface area contributed by atoms with E-state index in [0.29, 0.717) is 0 Å². The number of carbonyl (C=O) groups is 1. The number of likely N-dealkylation sites (tertiary alicyclic amines) is 1. The van der Waals surface area contributed by atoms with Gasteiger partial charge in [0.1, 0.15) is 0 Å². The lowest BCUT2D eigenvalue weighted by atomic mass is 10.1. The number of benzene rings is 1. The molecule has 90 valence electrons. The van der Waals surface area contributed by atoms with E-state index in [1.165, 1.54) is 0 Å². The Morgan fingerprint density at radius 3 is 2.94 bits per heavy atom. The van der Waals surface area contributed by atoms with Crippen molar-refractivity contribution in [2.24, 2.45) is 0 Å². The zero-order valence-corrected chi connectivity index (χ0v) is 12.1. The predicted molar refractivity (Wildman–Crippen MR) is 78.0 cm³/mol. The molecule has 3 heteroatoms. The monoisotopic (exact) mass is 341 g/mol. The van der Waals surface area contributed by atoms with E-state index in [1.807, 2.05) is 42.2 Å². The highest BCUT2D eigenvalue weighted by atomic mass is 127. The van der Waals surface area contributed by atoms with Gasteiger partial charge in [0.2, 0.25) is 0 Å². The second-order valence-corrected chi connectivity index (χ2v) is 5.38. The van der Waals surface area contributed by atoms with Crippen LogP contribution in [-0.4, -0.2) is 23.4 Å². The number of carbonyl (C=O) groups excluding carboxylic acids is 1. The number of hydrogen-bond acceptors (Lipinski definition) is 1. The van der Waals surface area contributed by atoms with Gasteiger partial charge in [0.25, 0.3) is 5.91 Å². The Balaban J connectivity index is 2.23. The van der Waals surface area contributed by atoms with Crippen molar-refractivity contribution in [1.82, 2.24) is 4.90 Å². The zero-order valence-electron chi connectivity index (χ0n) is 9.90. The van der Waals surface area contributed by atoms with E-state index < -0.39 is 0 Å². The van der Waals surface area contributed by atoms with Crippen molar-refractivity contribution in [2.45, 2.75) is 25.8 Å². The molecule has 1 aromatic rings. The summed E-state index contributed by atoms with van der Waals surface area (Å²) in [6, 6.07) is 8.06. The molecule has 0 spiro atoms. The topological polar surface area (TPSA) is 20.3 Å². The number of rotatable bonds is 2. The maximum atomic E-state index is 12.4. The number of amides is 1. The van der Waals surface area contributed by atoms with Gasteiger partial charge < -0.3 is 4.90 Å². The Labute approximate surface area is 116 Å². The van der Waals surface area contributed by atoms with Gasteiger partial charge in [-0.2, -0.15) is 0 Å². The van der Waals surface area contributed by atoms with Crippen molar-refractivity contribution < 1.29 is 4.79 Å². The molecule has 0 N–H and O–H groups in total. The van der Waals surface area contributed by atoms with Crippen molar-refractivity contribution in [1.29, 1.82) is 0 Å². The Morgan fingerprint density at radius 1 is 1.47 bits per heavy atom. The first-order chi connectivity index (χ1) is 8.24. The van der Waals surface area contributed by atoms with Crippen LogP contribution in [0.25, 0.3) is 0 Å². The summed E-state index contributed by atoms with van der Waals surface area (Å²) in [5.41, 5.74) is 0.824. The molecule has 1 aliphatic heterocycles. The lowest BCUT2D eigenvalue weighted by Crippen LogP contribution is -2.34. The molecule has 0 bridgehead atoms. The van der Waals surface area contributed by atoms with Gasteiger partial charge in [-0.1, -0.05) is 24.3 Å². The fourth-order valence-corrected chi connectivity index (χ4v) is 2.87. The van der Waals surface area contributed by atoms with Gasteiger partial charge in [-0.25, -0.2) is 0 Å². The van der Waals surface area contributed by atoms with Gasteiger partial charge >= 0.3 is 0 Å². The molecule has 1 aromatic carbocycles. The maximum absolute atomic E-state index is 12.4. The molecule has 0 aromatic heterocycles. The van der Waals surface area contributed by atoms with E-state index in [-0.39, 0.29) is 11.9 Å². The van der Waals surface area contributed by atoms with Crippen LogP contribution >= 0.6 is 22.6 Å². The minimum absolute atomic E-state index is 0.163. The quantitative estimate of drug-likeness (QED) is 0.596. The summed E-state index contributed by atoms with van der Waals surface area (Å²) in [7, 11) is 0. The molecular formula is C14H16INO. The smallest absolute Gasteiger partial charge is 0.255 e. The van der Waals surface area contributed by atoms with Crippen LogP contribution in [0.2, 0.25) is 0 Å². The van der Waals surface area contributed by atoms with Crippen LogP contribution in [-0.2, 0) is 0 Å². The molecule has 2 nitrogen and oxygen atoms in total. The van der Waals surface area contributed by atoms with Crippen LogP contribution in [0.4, 0.5) is 0 Å². The molecule has 1 atom stereocenters. The standard InChI is InChI=1S/C14H16INO/c1-2-6-11-7-5-10-16(11)14(17)12-8-3-4-9-13(12)15/h2-4,6,8-9,11H,5,7,10H2,1H3/b6-2-/t11-/m1/s1. The third kappa shape index (κ3) is 2.70. The van der Waals surface area contributed by atoms with Crippen LogP contribution in [0.15, 0.2) is 36.4 Å². The Bertz CT molecular complexity index is 442. The summed E-state index contributed by atoms with van der Waals surface area (Å²) >= 11 is 2.22. The fraction of sp³-hybridized carbons (Fsp3) is 0.357. The predicted octanol–water partition coefficient (Wildman–Crippen LogP) is 3.47. The first kappa shape index (κ1) is 12.6. The number of hydrogen-bond donors (Lipinski definition) is 0. The lowest BCUT2D eigenvalue weighted by Gasteiger charge is -2.22. The Kier molecular flexibility index (Phi) is 4.20. The van der Waals surface area contributed by atoms with E-state index in [4.69, 9.17) is 0 Å². The van der Waals surface area contributed by atoms with Crippen molar-refractivity contribution in [2.75, 3.05) is 6.54 Å². The molecular weight excluding hydrogens is 325 g/mol. The molecule has 1 heterocycles. The third-order valence-electron chi connectivity index (χ3n) is 3.08. The van der Waals surface area contributed by atoms with Gasteiger partial charge in [-0.15, -0.1) is 0 Å². The van der Waals surface area contributed by atoms with E-state index in [2.05, 4.69) is 28.7 Å². The highest BCUT2D eigenvalue weighted by Crippen LogP contribution is 2.23. The average Bonchev–Trinajstić information content (AvgIpc) is 2.78. The molecule has 1 aliphatic rings. The molecule has 0 saturated carbocycles. The Hall–Kier alpha value is -0.840. The highest BCUT2D eigenvalue weighted by Gasteiger charge is 2.28. The minimum Gasteiger partial charge on any atom is -0.332 e. The molecule has 2 rings (SSSR count). The van der Waals surface area contributed by atoms with Crippen molar-refractivity contribution in [3.05, 3.63) is 45.6 Å². The van der Waals surface area contributed by atoms with Crippen molar-refractivity contribution in [3.8, 4) is 0 Å². The van der Waals surface area contributed by atoms with Crippen LogP contribution in [0.1, 0.15) is 30.1 Å². The van der Waals surface area contributed by atoms with Gasteiger partial charge in [0.15, 0.2) is 0 Å². The van der Waals surface area contributed by atoms with Crippen molar-refractivity contribution in [3.63, 3.8) is 0 Å². The summed E-state index contributed by atoms with van der Waals surface area (Å²) in [4.78, 5) is 14.4. The first-order valence-electron chi connectivity index (χ1n) is 5.92. The molecule has 0 aliphatic carbocycles. The van der Waals surface area contributed by atoms with E-state index >= 15 is 0 Å². The zero-order chi connectivity index (χ0) is 12.3. The largest absolute Gasteiger partial charge is 0.332 e. The summed E-state index contributed by atoms with van der Waals surface area (Å²) in [6.45, 7) is 2.88. The third-order valence-corrected chi connectivity index (χ3v) is 4.02. The van der Waals surface area contributed by atoms with Crippen molar-refractivity contribution >= 4 is 28.5 Å². The highest BCUT2D eigenvalue weighted by molar-refractivity contribution is 14.1. The van der Waals surface area contributed by atoms with Gasteiger partial charge in [-0.3, -0.25) is 4.79 Å². The summed E-state index contributed by atoms with van der Waals surface area (Å²) in [5.74, 6) is 0.163. The number of halogens is 1. The summed E-state index contributed by atoms with van der Waals surface area (Å²) in [6.07, 6.45) is 6.34. The van der Waals surface area contributed by atoms with E-state index in [0.717, 1.165) is 28.5 Å². The van der Waals surface area contributed by atoms with Gasteiger partial charge in [-0.05, 0) is 54.5 Å². The molecule has 0 unspecified atom stereocenters. The SMILES string of the molecule is C/C=C\[C@@H]1CCCN1C(=O)c1ccccc1I. The van der Waals surface area contributed by atoms with Crippen LogP contribution in [0, 0.1) is 3.57 Å². The number of nitrogens with zero attached hydrogens (tertiary/aromatic N) is 1. The second-order valence-electron chi connectivity index (χ2n) is 4.21. The van der Waals surface area contributed by atoms with Gasteiger partial charge in [0, 0.05) is 10.1 Å². The molecule has 1 amide bonds. The lowest BCUT2D eigenvalue weighted by molar-refractivity contribution is 0.0760. The second kappa shape index (κ2) is 5.67. The van der Waals surface area contributed by atoms with E-state index in [9.17, 15) is 4.79 Å². The minimum atomic E-state index is 0.163. The average molecular weight is 341 g/mol. The van der Waals surface area contributed by atoms with Gasteiger partial charge in [0.05, 0.1) is 11.6 Å². The fourth-order valence-electron chi connectivity index (χ4n) is 2.26. The van der Waals surface area contributed by atoms with Crippen LogP contribution in [0.5, 0.6) is 0 Å². The van der Waals surface area contributed by atoms with E-state index in [1.54, 1.807) is 0 Å². The normalized spacial score (nSPS) is 20.1. The number of allylic oxidation sites excluding steroid dienone is 1. The first-order valence-corrected chi connectivity index (χ1v) is 7.00. The summed E-state index contributed by atoms with van der Waals surface area (Å²) in [5, 5.41) is 0. The molecule has 0 radical (unpaired) electrons. The molecule has 1 fully saturated rings. The molecule has 17 heavy (non-hydrogen) atoms. The van der Waals surface area contributed by atoms with Crippen LogP contribution < -0.4 is 0 Å². The molecule has 1 saturated heterocycles.